The molecule has 0 radical (unpaired) electrons. The molecule has 3 rings (SSSR count). The molecule has 0 aliphatic carbocycles. The van der Waals surface area contributed by atoms with E-state index in [4.69, 9.17) is 4.74 Å². The topological polar surface area (TPSA) is 66.8 Å². The number of rotatable bonds is 4. The number of ether oxygens (including phenoxy) is 1. The summed E-state index contributed by atoms with van der Waals surface area (Å²) in [5.74, 6) is -1.10. The smallest absolute Gasteiger partial charge is 0.336 e. The van der Waals surface area contributed by atoms with Crippen molar-refractivity contribution in [2.24, 2.45) is 0 Å². The van der Waals surface area contributed by atoms with E-state index >= 15 is 0 Å². The van der Waals surface area contributed by atoms with E-state index in [-0.39, 0.29) is 17.6 Å². The molecule has 124 valence electrons. The number of methoxy groups -OCH3 is 1. The Kier molecular flexibility index (Phi) is 4.62. The predicted octanol–water partition coefficient (Wildman–Crippen LogP) is 2.91. The third-order valence-corrected chi connectivity index (χ3v) is 4.37. The van der Waals surface area contributed by atoms with Crippen molar-refractivity contribution in [1.29, 1.82) is 0 Å². The molecule has 1 fully saturated rings. The maximum absolute atomic E-state index is 12.9. The fourth-order valence-electron chi connectivity index (χ4n) is 3.08. The Bertz CT molecular complexity index is 771. The first kappa shape index (κ1) is 16.2. The number of carbonyl (C=O) groups excluding carboxylic acids is 1. The van der Waals surface area contributed by atoms with Gasteiger partial charge in [0.15, 0.2) is 0 Å². The van der Waals surface area contributed by atoms with Gasteiger partial charge in [0.2, 0.25) is 0 Å². The van der Waals surface area contributed by atoms with Crippen molar-refractivity contribution in [3.05, 3.63) is 59.7 Å². The molecule has 0 saturated carbocycles. The molecule has 2 aromatic rings. The lowest BCUT2D eigenvalue weighted by molar-refractivity contribution is 0.0694. The van der Waals surface area contributed by atoms with Crippen molar-refractivity contribution in [3.8, 4) is 11.1 Å². The number of benzene rings is 2. The van der Waals surface area contributed by atoms with Gasteiger partial charge in [-0.15, -0.1) is 0 Å². The van der Waals surface area contributed by atoms with Crippen molar-refractivity contribution in [3.63, 3.8) is 0 Å². The van der Waals surface area contributed by atoms with E-state index in [0.717, 1.165) is 6.42 Å². The summed E-state index contributed by atoms with van der Waals surface area (Å²) in [7, 11) is 1.65. The van der Waals surface area contributed by atoms with Crippen molar-refractivity contribution in [2.45, 2.75) is 12.5 Å². The maximum Gasteiger partial charge on any atom is 0.336 e. The quantitative estimate of drug-likeness (QED) is 0.938. The average molecular weight is 325 g/mol. The fraction of sp³-hybridized carbons (Fsp3) is 0.263. The number of likely N-dealkylation sites (tertiary alicyclic amines) is 1. The molecule has 5 nitrogen and oxygen atoms in total. The molecule has 0 spiro atoms. The molecule has 1 aliphatic heterocycles. The lowest BCUT2D eigenvalue weighted by Crippen LogP contribution is -2.30. The first-order valence-corrected chi connectivity index (χ1v) is 7.85. The summed E-state index contributed by atoms with van der Waals surface area (Å²) in [6.07, 6.45) is 0.878. The second-order valence-corrected chi connectivity index (χ2v) is 5.79. The van der Waals surface area contributed by atoms with E-state index in [2.05, 4.69) is 0 Å². The van der Waals surface area contributed by atoms with Gasteiger partial charge in [0.1, 0.15) is 0 Å². The van der Waals surface area contributed by atoms with E-state index in [0.29, 0.717) is 29.8 Å². The van der Waals surface area contributed by atoms with Gasteiger partial charge in [0.25, 0.3) is 5.91 Å². The molecule has 2 aromatic carbocycles. The number of hydrogen-bond donors (Lipinski definition) is 1. The largest absolute Gasteiger partial charge is 0.478 e. The minimum atomic E-state index is -1.01. The molecule has 0 aromatic heterocycles. The summed E-state index contributed by atoms with van der Waals surface area (Å²) in [5.41, 5.74) is 1.90. The summed E-state index contributed by atoms with van der Waals surface area (Å²) in [6, 6.07) is 13.9. The van der Waals surface area contributed by atoms with Gasteiger partial charge >= 0.3 is 5.97 Å². The number of amides is 1. The van der Waals surface area contributed by atoms with Gasteiger partial charge in [-0.2, -0.15) is 0 Å². The van der Waals surface area contributed by atoms with Gasteiger partial charge < -0.3 is 14.7 Å². The number of carboxylic acids is 1. The fourth-order valence-corrected chi connectivity index (χ4v) is 3.08. The highest BCUT2D eigenvalue weighted by molar-refractivity contribution is 6.04. The van der Waals surface area contributed by atoms with Crippen molar-refractivity contribution in [1.82, 2.24) is 4.90 Å². The zero-order chi connectivity index (χ0) is 17.1. The van der Waals surface area contributed by atoms with Gasteiger partial charge in [-0.1, -0.05) is 36.4 Å². The number of hydrogen-bond acceptors (Lipinski definition) is 3. The SMILES string of the molecule is CO[C@H]1CCN(C(=O)c2ccccc2-c2ccccc2C(=O)O)C1. The second kappa shape index (κ2) is 6.84. The monoisotopic (exact) mass is 325 g/mol. The Morgan fingerprint density at radius 2 is 1.62 bits per heavy atom. The zero-order valence-corrected chi connectivity index (χ0v) is 13.4. The van der Waals surface area contributed by atoms with E-state index in [1.807, 2.05) is 6.07 Å². The third-order valence-electron chi connectivity index (χ3n) is 4.37. The standard InChI is InChI=1S/C19H19NO4/c1-24-13-10-11-20(12-13)18(21)16-8-4-2-6-14(16)15-7-3-5-9-17(15)19(22)23/h2-9,13H,10-12H2,1H3,(H,22,23)/t13-/m0/s1. The van der Waals surface area contributed by atoms with Gasteiger partial charge in [0, 0.05) is 25.8 Å². The van der Waals surface area contributed by atoms with Crippen LogP contribution in [0.25, 0.3) is 11.1 Å². The van der Waals surface area contributed by atoms with E-state index in [9.17, 15) is 14.7 Å². The Hall–Kier alpha value is -2.66. The molecule has 24 heavy (non-hydrogen) atoms. The van der Waals surface area contributed by atoms with Crippen LogP contribution < -0.4 is 0 Å². The molecule has 1 amide bonds. The van der Waals surface area contributed by atoms with Crippen LogP contribution in [0.1, 0.15) is 27.1 Å². The summed E-state index contributed by atoms with van der Waals surface area (Å²) in [4.78, 5) is 26.2. The lowest BCUT2D eigenvalue weighted by Gasteiger charge is -2.19. The first-order chi connectivity index (χ1) is 11.6. The highest BCUT2D eigenvalue weighted by atomic mass is 16.5. The molecule has 1 N–H and O–H groups in total. The second-order valence-electron chi connectivity index (χ2n) is 5.79. The first-order valence-electron chi connectivity index (χ1n) is 7.85. The van der Waals surface area contributed by atoms with E-state index in [1.54, 1.807) is 54.5 Å². The Morgan fingerprint density at radius 1 is 1.04 bits per heavy atom. The maximum atomic E-state index is 12.9. The van der Waals surface area contributed by atoms with Crippen LogP contribution in [-0.2, 0) is 4.74 Å². The Balaban J connectivity index is 2.01. The van der Waals surface area contributed by atoms with Gasteiger partial charge in [0.05, 0.1) is 11.7 Å². The molecule has 1 heterocycles. The molecule has 1 saturated heterocycles. The lowest BCUT2D eigenvalue weighted by atomic mass is 9.95. The highest BCUT2D eigenvalue weighted by Crippen LogP contribution is 2.29. The van der Waals surface area contributed by atoms with Crippen LogP contribution in [0.15, 0.2) is 48.5 Å². The van der Waals surface area contributed by atoms with Crippen LogP contribution in [0.2, 0.25) is 0 Å². The van der Waals surface area contributed by atoms with Crippen molar-refractivity contribution in [2.75, 3.05) is 20.2 Å². The molecule has 5 heteroatoms. The number of nitrogens with zero attached hydrogens (tertiary/aromatic N) is 1. The number of aromatic carboxylic acids is 1. The van der Waals surface area contributed by atoms with Crippen molar-refractivity contribution >= 4 is 11.9 Å². The Morgan fingerprint density at radius 3 is 2.21 bits per heavy atom. The molecular weight excluding hydrogens is 306 g/mol. The summed E-state index contributed by atoms with van der Waals surface area (Å²) >= 11 is 0. The summed E-state index contributed by atoms with van der Waals surface area (Å²) in [5, 5.41) is 9.42. The van der Waals surface area contributed by atoms with Crippen LogP contribution in [0.3, 0.4) is 0 Å². The normalized spacial score (nSPS) is 17.0. The zero-order valence-electron chi connectivity index (χ0n) is 13.4. The van der Waals surface area contributed by atoms with E-state index < -0.39 is 5.97 Å². The molecule has 1 aliphatic rings. The average Bonchev–Trinajstić information content (AvgIpc) is 3.10. The van der Waals surface area contributed by atoms with Gasteiger partial charge in [-0.3, -0.25) is 4.79 Å². The van der Waals surface area contributed by atoms with Crippen LogP contribution >= 0.6 is 0 Å². The van der Waals surface area contributed by atoms with Crippen molar-refractivity contribution < 1.29 is 19.4 Å². The van der Waals surface area contributed by atoms with Crippen LogP contribution in [0.5, 0.6) is 0 Å². The van der Waals surface area contributed by atoms with Gasteiger partial charge in [-0.25, -0.2) is 4.79 Å². The number of carbonyl (C=O) groups is 2. The van der Waals surface area contributed by atoms with E-state index in [1.165, 1.54) is 0 Å². The molecule has 0 unspecified atom stereocenters. The molecule has 0 bridgehead atoms. The summed E-state index contributed by atoms with van der Waals surface area (Å²) in [6.45, 7) is 1.20. The molecule has 1 atom stereocenters. The van der Waals surface area contributed by atoms with Crippen LogP contribution in [0, 0.1) is 0 Å². The molecular formula is C19H19NO4. The summed E-state index contributed by atoms with van der Waals surface area (Å²) < 4.78 is 5.32. The van der Waals surface area contributed by atoms with Crippen LogP contribution in [0.4, 0.5) is 0 Å². The minimum absolute atomic E-state index is 0.0624. The van der Waals surface area contributed by atoms with Gasteiger partial charge in [-0.05, 0) is 29.7 Å². The third kappa shape index (κ3) is 3.03. The number of carboxylic acid groups (broad SMARTS) is 1. The highest BCUT2D eigenvalue weighted by Gasteiger charge is 2.28. The minimum Gasteiger partial charge on any atom is -0.478 e. The van der Waals surface area contributed by atoms with Crippen LogP contribution in [-0.4, -0.2) is 48.2 Å². The Labute approximate surface area is 140 Å². The predicted molar refractivity (Wildman–Crippen MR) is 90.2 cm³/mol.